The minimum absolute atomic E-state index is 0.201. The van der Waals surface area contributed by atoms with Crippen LogP contribution in [-0.2, 0) is 0 Å². The number of alkyl halides is 3. The molecule has 1 aromatic rings. The lowest BCUT2D eigenvalue weighted by molar-refractivity contribution is -0.274. The minimum atomic E-state index is -4.87. The Morgan fingerprint density at radius 2 is 1.93 bits per heavy atom. The summed E-state index contributed by atoms with van der Waals surface area (Å²) >= 11 is 0. The second-order valence-corrected chi connectivity index (χ2v) is 2.35. The van der Waals surface area contributed by atoms with Crippen molar-refractivity contribution < 1.29 is 27.1 Å². The van der Waals surface area contributed by atoms with Crippen molar-refractivity contribution in [3.05, 3.63) is 29.6 Å². The second kappa shape index (κ2) is 3.65. The lowest BCUT2D eigenvalue weighted by atomic mass is 10.2. The summed E-state index contributed by atoms with van der Waals surface area (Å²) in [6.45, 7) is 0. The molecule has 0 saturated carbocycles. The molecule has 0 aliphatic carbocycles. The Kier molecular flexibility index (Phi) is 2.73. The zero-order valence-corrected chi connectivity index (χ0v) is 6.64. The molecule has 0 heterocycles. The molecule has 0 aromatic heterocycles. The summed E-state index contributed by atoms with van der Waals surface area (Å²) in [5, 5.41) is 0. The first-order chi connectivity index (χ1) is 6.42. The molecule has 0 aliphatic rings. The first kappa shape index (κ1) is 10.5. The lowest BCUT2D eigenvalue weighted by Crippen LogP contribution is -2.17. The van der Waals surface area contributed by atoms with Crippen LogP contribution in [0.5, 0.6) is 5.75 Å². The fourth-order valence-corrected chi connectivity index (χ4v) is 0.801. The molecule has 1 aromatic carbocycles. The normalized spacial score (nSPS) is 11.1. The Labute approximate surface area is 76.1 Å². The van der Waals surface area contributed by atoms with Crippen LogP contribution in [0.15, 0.2) is 18.2 Å². The highest BCUT2D eigenvalue weighted by molar-refractivity contribution is 5.75. The number of benzene rings is 1. The third kappa shape index (κ3) is 2.72. The van der Waals surface area contributed by atoms with Gasteiger partial charge in [0.1, 0.15) is 11.6 Å². The van der Waals surface area contributed by atoms with Gasteiger partial charge in [0, 0.05) is 6.07 Å². The molecule has 6 heteroatoms. The Hall–Kier alpha value is -1.59. The van der Waals surface area contributed by atoms with E-state index in [9.17, 15) is 22.4 Å². The van der Waals surface area contributed by atoms with Crippen LogP contribution in [-0.4, -0.2) is 12.6 Å². The van der Waals surface area contributed by atoms with E-state index in [1.165, 1.54) is 0 Å². The maximum atomic E-state index is 12.7. The molecule has 0 fully saturated rings. The largest absolute Gasteiger partial charge is 0.573 e. The minimum Gasteiger partial charge on any atom is -0.406 e. The molecular formula is C8H4F4O2. The van der Waals surface area contributed by atoms with Crippen LogP contribution in [0.2, 0.25) is 0 Å². The lowest BCUT2D eigenvalue weighted by Gasteiger charge is -2.08. The van der Waals surface area contributed by atoms with Crippen LogP contribution in [0, 0.1) is 5.82 Å². The van der Waals surface area contributed by atoms with Gasteiger partial charge in [0.25, 0.3) is 0 Å². The molecule has 0 N–H and O–H groups in total. The number of carbonyl (C=O) groups is 1. The third-order valence-electron chi connectivity index (χ3n) is 1.33. The van der Waals surface area contributed by atoms with Gasteiger partial charge in [-0.2, -0.15) is 0 Å². The number of hydrogen-bond acceptors (Lipinski definition) is 2. The van der Waals surface area contributed by atoms with Gasteiger partial charge in [0.15, 0.2) is 6.29 Å². The number of halogens is 4. The average Bonchev–Trinajstić information content (AvgIpc) is 2.01. The number of carbonyl (C=O) groups excluding carboxylic acids is 1. The molecule has 0 spiro atoms. The van der Waals surface area contributed by atoms with Crippen molar-refractivity contribution in [3.63, 3.8) is 0 Å². The summed E-state index contributed by atoms with van der Waals surface area (Å²) < 4.78 is 51.1. The number of hydrogen-bond donors (Lipinski definition) is 0. The topological polar surface area (TPSA) is 26.3 Å². The van der Waals surface area contributed by atoms with Gasteiger partial charge in [0.05, 0.1) is 5.56 Å². The molecule has 0 unspecified atom stereocenters. The van der Waals surface area contributed by atoms with Gasteiger partial charge in [-0.15, -0.1) is 13.2 Å². The third-order valence-corrected chi connectivity index (χ3v) is 1.33. The number of ether oxygens (including phenoxy) is 1. The molecule has 0 amide bonds. The Morgan fingerprint density at radius 3 is 2.36 bits per heavy atom. The first-order valence-electron chi connectivity index (χ1n) is 3.43. The molecule has 1 rings (SSSR count). The Bertz CT molecular complexity index is 346. The Balaban J connectivity index is 2.92. The summed E-state index contributed by atoms with van der Waals surface area (Å²) in [4.78, 5) is 10.1. The van der Waals surface area contributed by atoms with Crippen molar-refractivity contribution in [3.8, 4) is 5.75 Å². The highest BCUT2D eigenvalue weighted by atomic mass is 19.4. The molecule has 0 aliphatic heterocycles. The van der Waals surface area contributed by atoms with E-state index in [2.05, 4.69) is 4.74 Å². The van der Waals surface area contributed by atoms with Gasteiger partial charge in [-0.25, -0.2) is 4.39 Å². The summed E-state index contributed by atoms with van der Waals surface area (Å²) in [5.41, 5.74) is -0.320. The van der Waals surface area contributed by atoms with Crippen LogP contribution < -0.4 is 4.74 Å². The zero-order valence-electron chi connectivity index (χ0n) is 6.64. The van der Waals surface area contributed by atoms with E-state index in [0.717, 1.165) is 12.1 Å². The van der Waals surface area contributed by atoms with E-state index < -0.39 is 17.9 Å². The first-order valence-corrected chi connectivity index (χ1v) is 3.43. The van der Waals surface area contributed by atoms with Crippen LogP contribution in [0.4, 0.5) is 17.6 Å². The quantitative estimate of drug-likeness (QED) is 0.551. The summed E-state index contributed by atoms with van der Waals surface area (Å²) in [7, 11) is 0. The second-order valence-electron chi connectivity index (χ2n) is 2.35. The van der Waals surface area contributed by atoms with Crippen molar-refractivity contribution in [1.82, 2.24) is 0 Å². The molecule has 0 bridgehead atoms. The maximum Gasteiger partial charge on any atom is 0.573 e. The van der Waals surface area contributed by atoms with Gasteiger partial charge >= 0.3 is 6.36 Å². The van der Waals surface area contributed by atoms with Crippen molar-refractivity contribution in [2.75, 3.05) is 0 Å². The van der Waals surface area contributed by atoms with Crippen LogP contribution >= 0.6 is 0 Å². The van der Waals surface area contributed by atoms with Crippen LogP contribution in [0.3, 0.4) is 0 Å². The van der Waals surface area contributed by atoms with Crippen molar-refractivity contribution in [2.45, 2.75) is 6.36 Å². The molecule has 0 saturated heterocycles. The van der Waals surface area contributed by atoms with Crippen LogP contribution in [0.1, 0.15) is 10.4 Å². The summed E-state index contributed by atoms with van der Waals surface area (Å²) in [5.74, 6) is -1.75. The highest BCUT2D eigenvalue weighted by Gasteiger charge is 2.31. The monoisotopic (exact) mass is 208 g/mol. The molecule has 0 atom stereocenters. The van der Waals surface area contributed by atoms with E-state index >= 15 is 0 Å². The predicted octanol–water partition coefficient (Wildman–Crippen LogP) is 2.54. The van der Waals surface area contributed by atoms with Gasteiger partial charge in [-0.1, -0.05) is 0 Å². The standard InChI is InChI=1S/C8H4F4O2/c9-7-3-6(14-8(10,11)12)2-1-5(7)4-13/h1-4H. The van der Waals surface area contributed by atoms with Crippen molar-refractivity contribution >= 4 is 6.29 Å². The van der Waals surface area contributed by atoms with E-state index in [1.807, 2.05) is 0 Å². The van der Waals surface area contributed by atoms with Gasteiger partial charge in [-0.05, 0) is 12.1 Å². The van der Waals surface area contributed by atoms with E-state index in [4.69, 9.17) is 0 Å². The van der Waals surface area contributed by atoms with Gasteiger partial charge in [-0.3, -0.25) is 4.79 Å². The molecule has 14 heavy (non-hydrogen) atoms. The molecular weight excluding hydrogens is 204 g/mol. The van der Waals surface area contributed by atoms with Gasteiger partial charge < -0.3 is 4.74 Å². The molecule has 76 valence electrons. The van der Waals surface area contributed by atoms with Crippen molar-refractivity contribution in [2.24, 2.45) is 0 Å². The fraction of sp³-hybridized carbons (Fsp3) is 0.125. The van der Waals surface area contributed by atoms with E-state index in [1.54, 1.807) is 0 Å². The summed E-state index contributed by atoms with van der Waals surface area (Å²) in [6.07, 6.45) is -4.66. The summed E-state index contributed by atoms with van der Waals surface area (Å²) in [6, 6.07) is 2.26. The molecule has 0 radical (unpaired) electrons. The van der Waals surface area contributed by atoms with Crippen LogP contribution in [0.25, 0.3) is 0 Å². The van der Waals surface area contributed by atoms with E-state index in [0.29, 0.717) is 6.07 Å². The maximum absolute atomic E-state index is 12.7. The Morgan fingerprint density at radius 1 is 1.29 bits per heavy atom. The average molecular weight is 208 g/mol. The SMILES string of the molecule is O=Cc1ccc(OC(F)(F)F)cc1F. The zero-order chi connectivity index (χ0) is 10.8. The smallest absolute Gasteiger partial charge is 0.406 e. The van der Waals surface area contributed by atoms with Gasteiger partial charge in [0.2, 0.25) is 0 Å². The van der Waals surface area contributed by atoms with E-state index in [-0.39, 0.29) is 11.8 Å². The van der Waals surface area contributed by atoms with Crippen molar-refractivity contribution in [1.29, 1.82) is 0 Å². The number of aldehydes is 1. The predicted molar refractivity (Wildman–Crippen MR) is 38.5 cm³/mol. The number of rotatable bonds is 2. The molecule has 2 nitrogen and oxygen atoms in total. The highest BCUT2D eigenvalue weighted by Crippen LogP contribution is 2.23. The fourth-order valence-electron chi connectivity index (χ4n) is 0.801.